The van der Waals surface area contributed by atoms with Gasteiger partial charge in [-0.25, -0.2) is 5.43 Å². The number of nitrogens with zero attached hydrogens (tertiary/aromatic N) is 1. The van der Waals surface area contributed by atoms with Crippen molar-refractivity contribution in [3.63, 3.8) is 0 Å². The number of carbonyl (C=O) groups excluding carboxylic acids is 2. The number of rotatable bonds is 6. The summed E-state index contributed by atoms with van der Waals surface area (Å²) >= 11 is 3.35. The van der Waals surface area contributed by atoms with E-state index in [1.807, 2.05) is 42.5 Å². The SMILES string of the molecule is O=C(NCC(=NNC(=O)C1CC1)c1ccccc1)c1ccc(Br)cc1. The van der Waals surface area contributed by atoms with Gasteiger partial charge in [0, 0.05) is 16.0 Å². The second-order valence-corrected chi connectivity index (χ2v) is 6.78. The van der Waals surface area contributed by atoms with Gasteiger partial charge >= 0.3 is 0 Å². The Labute approximate surface area is 154 Å². The van der Waals surface area contributed by atoms with Crippen LogP contribution in [0.5, 0.6) is 0 Å². The van der Waals surface area contributed by atoms with E-state index in [9.17, 15) is 9.59 Å². The third kappa shape index (κ3) is 5.00. The summed E-state index contributed by atoms with van der Waals surface area (Å²) in [6.07, 6.45) is 1.84. The van der Waals surface area contributed by atoms with Crippen molar-refractivity contribution in [3.05, 3.63) is 70.2 Å². The zero-order valence-electron chi connectivity index (χ0n) is 13.5. The van der Waals surface area contributed by atoms with E-state index in [1.165, 1.54) is 0 Å². The maximum atomic E-state index is 12.3. The van der Waals surface area contributed by atoms with Crippen molar-refractivity contribution >= 4 is 33.5 Å². The Morgan fingerprint density at radius 2 is 1.68 bits per heavy atom. The van der Waals surface area contributed by atoms with Crippen LogP contribution in [0.25, 0.3) is 0 Å². The molecule has 0 heterocycles. The van der Waals surface area contributed by atoms with Gasteiger partial charge in [-0.3, -0.25) is 9.59 Å². The molecule has 1 aliphatic rings. The Morgan fingerprint density at radius 3 is 2.32 bits per heavy atom. The molecule has 25 heavy (non-hydrogen) atoms. The third-order valence-corrected chi connectivity index (χ3v) is 4.41. The molecule has 2 amide bonds. The zero-order chi connectivity index (χ0) is 17.6. The number of halogens is 1. The van der Waals surface area contributed by atoms with Crippen molar-refractivity contribution in [2.45, 2.75) is 12.8 Å². The molecule has 0 bridgehead atoms. The monoisotopic (exact) mass is 399 g/mol. The molecule has 0 spiro atoms. The maximum absolute atomic E-state index is 12.3. The summed E-state index contributed by atoms with van der Waals surface area (Å²) in [4.78, 5) is 24.1. The van der Waals surface area contributed by atoms with Gasteiger partial charge in [-0.2, -0.15) is 5.10 Å². The first-order valence-corrected chi connectivity index (χ1v) is 8.88. The van der Waals surface area contributed by atoms with E-state index in [1.54, 1.807) is 12.1 Å². The largest absolute Gasteiger partial charge is 0.346 e. The Hall–Kier alpha value is -2.47. The molecule has 0 radical (unpaired) electrons. The highest BCUT2D eigenvalue weighted by molar-refractivity contribution is 9.10. The maximum Gasteiger partial charge on any atom is 0.251 e. The highest BCUT2D eigenvalue weighted by atomic mass is 79.9. The molecule has 0 atom stereocenters. The zero-order valence-corrected chi connectivity index (χ0v) is 15.1. The molecule has 3 rings (SSSR count). The van der Waals surface area contributed by atoms with Crippen LogP contribution in [0.15, 0.2) is 64.2 Å². The highest BCUT2D eigenvalue weighted by Crippen LogP contribution is 2.28. The Balaban J connectivity index is 1.68. The predicted octanol–water partition coefficient (Wildman–Crippen LogP) is 3.11. The van der Waals surface area contributed by atoms with E-state index in [0.29, 0.717) is 11.3 Å². The number of hydrogen-bond donors (Lipinski definition) is 2. The number of benzene rings is 2. The lowest BCUT2D eigenvalue weighted by atomic mass is 10.1. The molecule has 0 aliphatic heterocycles. The van der Waals surface area contributed by atoms with Gasteiger partial charge in [0.25, 0.3) is 5.91 Å². The molecule has 2 aromatic carbocycles. The lowest BCUT2D eigenvalue weighted by molar-refractivity contribution is -0.122. The Kier molecular flexibility index (Phi) is 5.60. The molecule has 128 valence electrons. The van der Waals surface area contributed by atoms with Crippen molar-refractivity contribution in [1.29, 1.82) is 0 Å². The fourth-order valence-electron chi connectivity index (χ4n) is 2.26. The molecule has 0 unspecified atom stereocenters. The second kappa shape index (κ2) is 8.07. The van der Waals surface area contributed by atoms with E-state index >= 15 is 0 Å². The van der Waals surface area contributed by atoms with Crippen molar-refractivity contribution < 1.29 is 9.59 Å². The van der Waals surface area contributed by atoms with Crippen molar-refractivity contribution in [2.75, 3.05) is 6.54 Å². The number of amides is 2. The van der Waals surface area contributed by atoms with Crippen molar-refractivity contribution in [1.82, 2.24) is 10.7 Å². The lowest BCUT2D eigenvalue weighted by Crippen LogP contribution is -2.32. The fourth-order valence-corrected chi connectivity index (χ4v) is 2.53. The number of hydrogen-bond acceptors (Lipinski definition) is 3. The van der Waals surface area contributed by atoms with E-state index in [-0.39, 0.29) is 24.3 Å². The number of hydrazone groups is 1. The van der Waals surface area contributed by atoms with Crippen LogP contribution in [0.2, 0.25) is 0 Å². The van der Waals surface area contributed by atoms with Gasteiger partial charge in [-0.05, 0) is 42.7 Å². The van der Waals surface area contributed by atoms with E-state index in [4.69, 9.17) is 0 Å². The van der Waals surface area contributed by atoms with Crippen molar-refractivity contribution in [3.8, 4) is 0 Å². The van der Waals surface area contributed by atoms with Gasteiger partial charge in [-0.15, -0.1) is 0 Å². The van der Waals surface area contributed by atoms with Gasteiger partial charge in [0.2, 0.25) is 5.91 Å². The molecular weight excluding hydrogens is 382 g/mol. The lowest BCUT2D eigenvalue weighted by Gasteiger charge is -2.09. The quantitative estimate of drug-likeness (QED) is 0.578. The second-order valence-electron chi connectivity index (χ2n) is 5.86. The average molecular weight is 400 g/mol. The molecule has 0 saturated heterocycles. The predicted molar refractivity (Wildman–Crippen MR) is 100 cm³/mol. The van der Waals surface area contributed by atoms with Gasteiger partial charge in [0.05, 0.1) is 12.3 Å². The molecule has 1 fully saturated rings. The highest BCUT2D eigenvalue weighted by Gasteiger charge is 2.29. The summed E-state index contributed by atoms with van der Waals surface area (Å²) in [5.74, 6) is -0.171. The summed E-state index contributed by atoms with van der Waals surface area (Å²) in [5.41, 5.74) is 4.64. The van der Waals surface area contributed by atoms with E-state index in [0.717, 1.165) is 22.9 Å². The first-order valence-electron chi connectivity index (χ1n) is 8.09. The molecule has 6 heteroatoms. The fraction of sp³-hybridized carbons (Fsp3) is 0.211. The first kappa shape index (κ1) is 17.4. The van der Waals surface area contributed by atoms with Crippen LogP contribution in [0.4, 0.5) is 0 Å². The molecule has 5 nitrogen and oxygen atoms in total. The molecule has 2 N–H and O–H groups in total. The van der Waals surface area contributed by atoms with Gasteiger partial charge in [-0.1, -0.05) is 46.3 Å². The summed E-state index contributed by atoms with van der Waals surface area (Å²) in [5, 5.41) is 7.08. The van der Waals surface area contributed by atoms with Crippen LogP contribution >= 0.6 is 15.9 Å². The van der Waals surface area contributed by atoms with E-state index in [2.05, 4.69) is 31.8 Å². The Bertz CT molecular complexity index is 784. The molecule has 2 aromatic rings. The standard InChI is InChI=1S/C19H18BrN3O2/c20-16-10-8-14(9-11-16)18(24)21-12-17(13-4-2-1-3-5-13)22-23-19(25)15-6-7-15/h1-5,8-11,15H,6-7,12H2,(H,21,24)(H,23,25). The van der Waals surface area contributed by atoms with Crippen LogP contribution in [0.1, 0.15) is 28.8 Å². The average Bonchev–Trinajstić information content (AvgIpc) is 3.48. The summed E-state index contributed by atoms with van der Waals surface area (Å²) in [7, 11) is 0. The normalized spacial score (nSPS) is 14.0. The smallest absolute Gasteiger partial charge is 0.251 e. The topological polar surface area (TPSA) is 70.6 Å². The Morgan fingerprint density at radius 1 is 1.00 bits per heavy atom. The van der Waals surface area contributed by atoms with Crippen LogP contribution in [-0.4, -0.2) is 24.1 Å². The third-order valence-electron chi connectivity index (χ3n) is 3.88. The molecular formula is C19H18BrN3O2. The van der Waals surface area contributed by atoms with Crippen molar-refractivity contribution in [2.24, 2.45) is 11.0 Å². The van der Waals surface area contributed by atoms with Crippen LogP contribution in [-0.2, 0) is 4.79 Å². The van der Waals surface area contributed by atoms with E-state index < -0.39 is 0 Å². The minimum Gasteiger partial charge on any atom is -0.346 e. The number of carbonyl (C=O) groups is 2. The van der Waals surface area contributed by atoms with Gasteiger partial charge < -0.3 is 5.32 Å². The van der Waals surface area contributed by atoms with Crippen LogP contribution in [0, 0.1) is 5.92 Å². The summed E-state index contributed by atoms with van der Waals surface area (Å²) < 4.78 is 0.915. The minimum absolute atomic E-state index is 0.0623. The summed E-state index contributed by atoms with van der Waals surface area (Å²) in [6, 6.07) is 16.6. The molecule has 1 saturated carbocycles. The van der Waals surface area contributed by atoms with Gasteiger partial charge in [0.15, 0.2) is 0 Å². The van der Waals surface area contributed by atoms with Crippen LogP contribution in [0.3, 0.4) is 0 Å². The molecule has 0 aromatic heterocycles. The minimum atomic E-state index is -0.190. The molecule has 1 aliphatic carbocycles. The number of nitrogens with one attached hydrogen (secondary N) is 2. The van der Waals surface area contributed by atoms with Crippen LogP contribution < -0.4 is 10.7 Å². The van der Waals surface area contributed by atoms with Gasteiger partial charge in [0.1, 0.15) is 0 Å². The summed E-state index contributed by atoms with van der Waals surface area (Å²) in [6.45, 7) is 0.226. The first-order chi connectivity index (χ1) is 12.1.